The van der Waals surface area contributed by atoms with Gasteiger partial charge in [0, 0.05) is 39.3 Å². The molecule has 1 aromatic heterocycles. The highest BCUT2D eigenvalue weighted by Crippen LogP contribution is 2.24. The lowest BCUT2D eigenvalue weighted by Crippen LogP contribution is -2.37. The van der Waals surface area contributed by atoms with E-state index in [9.17, 15) is 9.59 Å². The van der Waals surface area contributed by atoms with Crippen molar-refractivity contribution >= 4 is 39.7 Å². The molecule has 1 heterocycles. The molecular formula is C25H21N7O2S. The third-order valence-electron chi connectivity index (χ3n) is 5.10. The lowest BCUT2D eigenvalue weighted by molar-refractivity contribution is -0.117. The fourth-order valence-electron chi connectivity index (χ4n) is 3.43. The van der Waals surface area contributed by atoms with Crippen LogP contribution in [-0.4, -0.2) is 28.2 Å². The van der Waals surface area contributed by atoms with Crippen LogP contribution in [-0.2, 0) is 11.3 Å². The van der Waals surface area contributed by atoms with Gasteiger partial charge in [0.25, 0.3) is 5.91 Å². The van der Waals surface area contributed by atoms with Crippen molar-refractivity contribution in [2.45, 2.75) is 6.54 Å². The molecule has 2 amide bonds. The number of nitrogens with one attached hydrogen (secondary N) is 1. The molecule has 3 aromatic carbocycles. The van der Waals surface area contributed by atoms with Crippen molar-refractivity contribution in [1.82, 2.24) is 9.88 Å². The number of anilines is 2. The SMILES string of the molecule is [N-]=[N+]=Nc1ccc(C(=O)N(CC(=O)Nc2ccc(-c3csc(N)n3)cc2)Cc2ccccc2)cc1. The fourth-order valence-corrected chi connectivity index (χ4v) is 4.00. The number of azide groups is 1. The summed E-state index contributed by atoms with van der Waals surface area (Å²) in [6.07, 6.45) is 0. The number of nitrogens with zero attached hydrogens (tertiary/aromatic N) is 5. The van der Waals surface area contributed by atoms with Gasteiger partial charge in [0.2, 0.25) is 5.91 Å². The highest BCUT2D eigenvalue weighted by Gasteiger charge is 2.19. The van der Waals surface area contributed by atoms with Gasteiger partial charge in [-0.25, -0.2) is 4.98 Å². The summed E-state index contributed by atoms with van der Waals surface area (Å²) in [5.74, 6) is -0.640. The van der Waals surface area contributed by atoms with Crippen LogP contribution in [0, 0.1) is 0 Å². The van der Waals surface area contributed by atoms with Gasteiger partial charge in [-0.1, -0.05) is 59.7 Å². The number of amides is 2. The average Bonchev–Trinajstić information content (AvgIpc) is 3.31. The van der Waals surface area contributed by atoms with Crippen molar-refractivity contribution in [2.24, 2.45) is 5.11 Å². The van der Waals surface area contributed by atoms with Crippen LogP contribution in [0.1, 0.15) is 15.9 Å². The predicted molar refractivity (Wildman–Crippen MR) is 137 cm³/mol. The zero-order chi connectivity index (χ0) is 24.6. The number of rotatable bonds is 8. The monoisotopic (exact) mass is 483 g/mol. The van der Waals surface area contributed by atoms with E-state index < -0.39 is 0 Å². The predicted octanol–water partition coefficient (Wildman–Crippen LogP) is 5.62. The lowest BCUT2D eigenvalue weighted by atomic mass is 10.1. The molecule has 174 valence electrons. The minimum atomic E-state index is -0.328. The second-order valence-corrected chi connectivity index (χ2v) is 8.47. The Morgan fingerprint density at radius 1 is 1.03 bits per heavy atom. The largest absolute Gasteiger partial charge is 0.375 e. The first-order valence-electron chi connectivity index (χ1n) is 10.6. The smallest absolute Gasteiger partial charge is 0.254 e. The molecule has 9 nitrogen and oxygen atoms in total. The number of thiazole rings is 1. The zero-order valence-corrected chi connectivity index (χ0v) is 19.4. The maximum Gasteiger partial charge on any atom is 0.254 e. The normalized spacial score (nSPS) is 10.3. The number of aromatic nitrogens is 1. The van der Waals surface area contributed by atoms with Crippen LogP contribution in [0.5, 0.6) is 0 Å². The molecule has 0 saturated carbocycles. The Bertz CT molecular complexity index is 1360. The molecule has 0 aliphatic heterocycles. The van der Waals surface area contributed by atoms with Crippen molar-refractivity contribution in [2.75, 3.05) is 17.6 Å². The summed E-state index contributed by atoms with van der Waals surface area (Å²) < 4.78 is 0. The van der Waals surface area contributed by atoms with E-state index in [2.05, 4.69) is 20.3 Å². The molecule has 0 aliphatic rings. The summed E-state index contributed by atoms with van der Waals surface area (Å²) in [5, 5.41) is 8.73. The van der Waals surface area contributed by atoms with Gasteiger partial charge in [-0.05, 0) is 35.4 Å². The maximum atomic E-state index is 13.2. The highest BCUT2D eigenvalue weighted by atomic mass is 32.1. The van der Waals surface area contributed by atoms with E-state index >= 15 is 0 Å². The van der Waals surface area contributed by atoms with E-state index in [1.165, 1.54) is 16.2 Å². The van der Waals surface area contributed by atoms with Crippen LogP contribution in [0.25, 0.3) is 21.7 Å². The summed E-state index contributed by atoms with van der Waals surface area (Å²) in [6, 6.07) is 23.0. The standard InChI is InChI=1S/C25H21N7O2S/c26-25-29-22(16-35-25)18-6-10-20(11-7-18)28-23(33)15-32(14-17-4-2-1-3-5-17)24(34)19-8-12-21(13-9-19)30-31-27/h1-13,16H,14-15H2,(H2,26,29)(H,28,33). The Labute approximate surface area is 205 Å². The number of benzene rings is 3. The molecule has 0 aliphatic carbocycles. The first-order valence-corrected chi connectivity index (χ1v) is 11.5. The van der Waals surface area contributed by atoms with Crippen LogP contribution >= 0.6 is 11.3 Å². The number of carbonyl (C=O) groups is 2. The van der Waals surface area contributed by atoms with E-state index in [4.69, 9.17) is 11.3 Å². The molecular weight excluding hydrogens is 462 g/mol. The minimum Gasteiger partial charge on any atom is -0.375 e. The first kappa shape index (κ1) is 23.5. The molecule has 10 heteroatoms. The van der Waals surface area contributed by atoms with Crippen LogP contribution in [0.3, 0.4) is 0 Å². The first-order chi connectivity index (χ1) is 17.0. The average molecular weight is 484 g/mol. The van der Waals surface area contributed by atoms with Gasteiger partial charge in [-0.3, -0.25) is 9.59 Å². The third kappa shape index (κ3) is 6.23. The quantitative estimate of drug-likeness (QED) is 0.191. The van der Waals surface area contributed by atoms with Crippen molar-refractivity contribution in [3.05, 3.63) is 106 Å². The Morgan fingerprint density at radius 2 is 1.74 bits per heavy atom. The molecule has 3 N–H and O–H groups in total. The molecule has 0 fully saturated rings. The van der Waals surface area contributed by atoms with Crippen LogP contribution < -0.4 is 11.1 Å². The van der Waals surface area contributed by atoms with Crippen molar-refractivity contribution < 1.29 is 9.59 Å². The van der Waals surface area contributed by atoms with Gasteiger partial charge in [0.1, 0.15) is 6.54 Å². The molecule has 0 atom stereocenters. The number of hydrogen-bond donors (Lipinski definition) is 2. The summed E-state index contributed by atoms with van der Waals surface area (Å²) >= 11 is 1.36. The number of carbonyl (C=O) groups excluding carboxylic acids is 2. The van der Waals surface area contributed by atoms with E-state index in [1.54, 1.807) is 36.4 Å². The van der Waals surface area contributed by atoms with Crippen molar-refractivity contribution in [3.63, 3.8) is 0 Å². The van der Waals surface area contributed by atoms with Crippen molar-refractivity contribution in [1.29, 1.82) is 0 Å². The highest BCUT2D eigenvalue weighted by molar-refractivity contribution is 7.13. The van der Waals surface area contributed by atoms with Gasteiger partial charge in [-0.2, -0.15) is 0 Å². The van der Waals surface area contributed by atoms with Crippen LogP contribution in [0.4, 0.5) is 16.5 Å². The summed E-state index contributed by atoms with van der Waals surface area (Å²) in [4.78, 5) is 34.6. The number of nitrogen functional groups attached to an aromatic ring is 1. The summed E-state index contributed by atoms with van der Waals surface area (Å²) in [7, 11) is 0. The Hall–Kier alpha value is -4.66. The second-order valence-electron chi connectivity index (χ2n) is 7.58. The van der Waals surface area contributed by atoms with Gasteiger partial charge in [-0.15, -0.1) is 11.3 Å². The minimum absolute atomic E-state index is 0.143. The Balaban J connectivity index is 1.48. The maximum absolute atomic E-state index is 13.2. The molecule has 0 unspecified atom stereocenters. The van der Waals surface area contributed by atoms with E-state index in [1.807, 2.05) is 47.8 Å². The topological polar surface area (TPSA) is 137 Å². The van der Waals surface area contributed by atoms with E-state index in [0.717, 1.165) is 16.8 Å². The molecule has 0 saturated heterocycles. The fraction of sp³-hybridized carbons (Fsp3) is 0.0800. The number of hydrogen-bond acceptors (Lipinski definition) is 6. The summed E-state index contributed by atoms with van der Waals surface area (Å²) in [6.45, 7) is 0.117. The second kappa shape index (κ2) is 11.0. The molecule has 0 radical (unpaired) electrons. The molecule has 4 aromatic rings. The third-order valence-corrected chi connectivity index (χ3v) is 5.77. The molecule has 0 spiro atoms. The van der Waals surface area contributed by atoms with Crippen LogP contribution in [0.15, 0.2) is 89.4 Å². The van der Waals surface area contributed by atoms with Gasteiger partial charge in [0.05, 0.1) is 5.69 Å². The Kier molecular flexibility index (Phi) is 7.37. The lowest BCUT2D eigenvalue weighted by Gasteiger charge is -2.22. The van der Waals surface area contributed by atoms with Gasteiger partial charge in [0.15, 0.2) is 5.13 Å². The molecule has 0 bridgehead atoms. The van der Waals surface area contributed by atoms with E-state index in [0.29, 0.717) is 22.1 Å². The van der Waals surface area contributed by atoms with Crippen molar-refractivity contribution in [3.8, 4) is 11.3 Å². The zero-order valence-electron chi connectivity index (χ0n) is 18.5. The van der Waals surface area contributed by atoms with Gasteiger partial charge < -0.3 is 16.0 Å². The number of nitrogens with two attached hydrogens (primary N) is 1. The molecule has 4 rings (SSSR count). The Morgan fingerprint density at radius 3 is 2.37 bits per heavy atom. The van der Waals surface area contributed by atoms with Gasteiger partial charge >= 0.3 is 0 Å². The van der Waals surface area contributed by atoms with E-state index in [-0.39, 0.29) is 24.9 Å². The van der Waals surface area contributed by atoms with Crippen LogP contribution in [0.2, 0.25) is 0 Å². The molecule has 35 heavy (non-hydrogen) atoms. The summed E-state index contributed by atoms with van der Waals surface area (Å²) in [5.41, 5.74) is 18.2.